The van der Waals surface area contributed by atoms with Crippen molar-refractivity contribution in [2.24, 2.45) is 5.92 Å². The Hall–Kier alpha value is -1.15. The number of benzene rings is 1. The molecule has 0 bridgehead atoms. The maximum Gasteiger partial charge on any atom is 0.167 e. The number of ketones is 1. The summed E-state index contributed by atoms with van der Waals surface area (Å²) in [5.41, 5.74) is 2.29. The van der Waals surface area contributed by atoms with Gasteiger partial charge in [0.2, 0.25) is 0 Å². The molecule has 1 atom stereocenters. The third-order valence-corrected chi connectivity index (χ3v) is 4.20. The number of rotatable bonds is 3. The Labute approximate surface area is 102 Å². The lowest BCUT2D eigenvalue weighted by Gasteiger charge is -2.28. The first kappa shape index (κ1) is 11.0. The number of Topliss-reactive ketones (excluding diaryl/α,β-unsaturated/α-hetero) is 1. The molecule has 2 aliphatic rings. The van der Waals surface area contributed by atoms with Crippen LogP contribution in [0.15, 0.2) is 24.3 Å². The Bertz CT molecular complexity index is 417. The number of hydrogen-bond donors (Lipinski definition) is 1. The fourth-order valence-corrected chi connectivity index (χ4v) is 2.90. The normalized spacial score (nSPS) is 24.6. The van der Waals surface area contributed by atoms with Gasteiger partial charge in [0, 0.05) is 18.0 Å². The molecule has 17 heavy (non-hydrogen) atoms. The van der Waals surface area contributed by atoms with E-state index in [0.717, 1.165) is 25.1 Å². The third-order valence-electron chi connectivity index (χ3n) is 4.20. The van der Waals surface area contributed by atoms with Gasteiger partial charge in [-0.3, -0.25) is 4.79 Å². The van der Waals surface area contributed by atoms with Gasteiger partial charge in [0.15, 0.2) is 5.78 Å². The predicted molar refractivity (Wildman–Crippen MR) is 68.3 cm³/mol. The summed E-state index contributed by atoms with van der Waals surface area (Å²) in [5.74, 6) is 1.21. The average molecular weight is 229 g/mol. The van der Waals surface area contributed by atoms with Crippen LogP contribution in [0, 0.1) is 5.92 Å². The van der Waals surface area contributed by atoms with Crippen molar-refractivity contribution in [1.29, 1.82) is 0 Å². The molecule has 0 amide bonds. The van der Waals surface area contributed by atoms with E-state index >= 15 is 0 Å². The first-order valence-electron chi connectivity index (χ1n) is 6.70. The van der Waals surface area contributed by atoms with Gasteiger partial charge in [0.1, 0.15) is 0 Å². The zero-order valence-corrected chi connectivity index (χ0v) is 10.1. The van der Waals surface area contributed by atoms with Crippen molar-refractivity contribution in [3.8, 4) is 0 Å². The molecule has 2 fully saturated rings. The molecular formula is C15H19NO. The number of hydrogen-bond acceptors (Lipinski definition) is 2. The van der Waals surface area contributed by atoms with Crippen LogP contribution in [0.4, 0.5) is 0 Å². The van der Waals surface area contributed by atoms with Gasteiger partial charge >= 0.3 is 0 Å². The van der Waals surface area contributed by atoms with E-state index in [-0.39, 0.29) is 5.92 Å². The Balaban J connectivity index is 1.87. The summed E-state index contributed by atoms with van der Waals surface area (Å²) < 4.78 is 0. The van der Waals surface area contributed by atoms with Gasteiger partial charge in [-0.25, -0.2) is 0 Å². The van der Waals surface area contributed by atoms with Gasteiger partial charge < -0.3 is 5.32 Å². The average Bonchev–Trinajstić information content (AvgIpc) is 2.80. The van der Waals surface area contributed by atoms with Gasteiger partial charge in [0.25, 0.3) is 0 Å². The van der Waals surface area contributed by atoms with Crippen molar-refractivity contribution in [3.05, 3.63) is 35.4 Å². The van der Waals surface area contributed by atoms with Crippen LogP contribution in [0.2, 0.25) is 0 Å². The Kier molecular flexibility index (Phi) is 2.98. The van der Waals surface area contributed by atoms with Crippen LogP contribution in [0.3, 0.4) is 0 Å². The molecule has 1 aromatic carbocycles. The van der Waals surface area contributed by atoms with E-state index in [0.29, 0.717) is 11.7 Å². The molecule has 1 saturated heterocycles. The van der Waals surface area contributed by atoms with Crippen molar-refractivity contribution in [2.75, 3.05) is 13.1 Å². The van der Waals surface area contributed by atoms with Crippen LogP contribution >= 0.6 is 0 Å². The van der Waals surface area contributed by atoms with Crippen molar-refractivity contribution in [2.45, 2.75) is 31.6 Å². The lowest BCUT2D eigenvalue weighted by Crippen LogP contribution is -2.21. The Morgan fingerprint density at radius 2 is 2.00 bits per heavy atom. The SMILES string of the molecule is O=C(c1ccccc1C1CCC1)C1CCNC1. The minimum atomic E-state index is 0.205. The second kappa shape index (κ2) is 4.61. The molecule has 2 heteroatoms. The van der Waals surface area contributed by atoms with Gasteiger partial charge in [-0.05, 0) is 37.3 Å². The van der Waals surface area contributed by atoms with Crippen molar-refractivity contribution >= 4 is 5.78 Å². The van der Waals surface area contributed by atoms with Gasteiger partial charge in [0.05, 0.1) is 0 Å². The number of nitrogens with one attached hydrogen (secondary N) is 1. The van der Waals surface area contributed by atoms with Crippen molar-refractivity contribution < 1.29 is 4.79 Å². The van der Waals surface area contributed by atoms with E-state index in [1.807, 2.05) is 12.1 Å². The highest BCUT2D eigenvalue weighted by atomic mass is 16.1. The van der Waals surface area contributed by atoms with E-state index in [2.05, 4.69) is 17.4 Å². The smallest absolute Gasteiger partial charge is 0.167 e. The molecule has 1 heterocycles. The summed E-state index contributed by atoms with van der Waals surface area (Å²) in [6, 6.07) is 8.24. The summed E-state index contributed by atoms with van der Waals surface area (Å²) in [5, 5.41) is 3.28. The van der Waals surface area contributed by atoms with E-state index in [4.69, 9.17) is 0 Å². The molecule has 1 unspecified atom stereocenters. The molecule has 1 aliphatic carbocycles. The maximum absolute atomic E-state index is 12.5. The monoisotopic (exact) mass is 229 g/mol. The fraction of sp³-hybridized carbons (Fsp3) is 0.533. The minimum Gasteiger partial charge on any atom is -0.316 e. The zero-order chi connectivity index (χ0) is 11.7. The Morgan fingerprint density at radius 1 is 1.18 bits per heavy atom. The van der Waals surface area contributed by atoms with Crippen molar-refractivity contribution in [1.82, 2.24) is 5.32 Å². The van der Waals surface area contributed by atoms with Gasteiger partial charge in [-0.15, -0.1) is 0 Å². The molecule has 1 aromatic rings. The molecule has 3 rings (SSSR count). The van der Waals surface area contributed by atoms with Crippen LogP contribution in [0.1, 0.15) is 47.5 Å². The van der Waals surface area contributed by atoms with Crippen molar-refractivity contribution in [3.63, 3.8) is 0 Å². The lowest BCUT2D eigenvalue weighted by molar-refractivity contribution is 0.0928. The molecule has 0 spiro atoms. The summed E-state index contributed by atoms with van der Waals surface area (Å²) in [6.45, 7) is 1.85. The molecule has 0 aromatic heterocycles. The first-order valence-corrected chi connectivity index (χ1v) is 6.70. The predicted octanol–water partition coefficient (Wildman–Crippen LogP) is 2.75. The summed E-state index contributed by atoms with van der Waals surface area (Å²) in [6.07, 6.45) is 4.83. The first-order chi connectivity index (χ1) is 8.36. The summed E-state index contributed by atoms with van der Waals surface area (Å²) in [4.78, 5) is 12.5. The molecule has 1 aliphatic heterocycles. The highest BCUT2D eigenvalue weighted by Gasteiger charge is 2.28. The number of carbonyl (C=O) groups excluding carboxylic acids is 1. The van der Waals surface area contributed by atoms with Crippen LogP contribution in [-0.4, -0.2) is 18.9 Å². The maximum atomic E-state index is 12.5. The molecule has 90 valence electrons. The highest BCUT2D eigenvalue weighted by molar-refractivity contribution is 5.99. The highest BCUT2D eigenvalue weighted by Crippen LogP contribution is 2.38. The summed E-state index contributed by atoms with van der Waals surface area (Å²) in [7, 11) is 0. The third kappa shape index (κ3) is 2.02. The van der Waals surface area contributed by atoms with E-state index in [1.165, 1.54) is 24.8 Å². The largest absolute Gasteiger partial charge is 0.316 e. The molecule has 0 radical (unpaired) electrons. The van der Waals surface area contributed by atoms with Crippen LogP contribution in [0.5, 0.6) is 0 Å². The second-order valence-electron chi connectivity index (χ2n) is 5.27. The minimum absolute atomic E-state index is 0.205. The van der Waals surface area contributed by atoms with E-state index in [9.17, 15) is 4.79 Å². The Morgan fingerprint density at radius 3 is 2.65 bits per heavy atom. The summed E-state index contributed by atoms with van der Waals surface area (Å²) >= 11 is 0. The topological polar surface area (TPSA) is 29.1 Å². The molecule has 2 nitrogen and oxygen atoms in total. The van der Waals surface area contributed by atoms with E-state index in [1.54, 1.807) is 0 Å². The van der Waals surface area contributed by atoms with Gasteiger partial charge in [-0.2, -0.15) is 0 Å². The molecular weight excluding hydrogens is 210 g/mol. The second-order valence-corrected chi connectivity index (χ2v) is 5.27. The van der Waals surface area contributed by atoms with Gasteiger partial charge in [-0.1, -0.05) is 30.7 Å². The standard InChI is InChI=1S/C15H19NO/c17-15(12-8-9-16-10-12)14-7-2-1-6-13(14)11-4-3-5-11/h1-2,6-7,11-12,16H,3-5,8-10H2. The molecule has 1 saturated carbocycles. The fourth-order valence-electron chi connectivity index (χ4n) is 2.90. The quantitative estimate of drug-likeness (QED) is 0.807. The van der Waals surface area contributed by atoms with Crippen LogP contribution in [-0.2, 0) is 0 Å². The lowest BCUT2D eigenvalue weighted by atomic mass is 9.76. The molecule has 1 N–H and O–H groups in total. The number of carbonyl (C=O) groups is 1. The zero-order valence-electron chi connectivity index (χ0n) is 10.1. The van der Waals surface area contributed by atoms with E-state index < -0.39 is 0 Å². The van der Waals surface area contributed by atoms with Crippen LogP contribution in [0.25, 0.3) is 0 Å². The van der Waals surface area contributed by atoms with Crippen LogP contribution < -0.4 is 5.32 Å².